The van der Waals surface area contributed by atoms with Gasteiger partial charge in [-0.05, 0) is 17.5 Å². The standard InChI is InChI=1S/C13H20O2Si/c1-12(11-16(14-2)15-3)9-10-13-7-5-4-6-8-13/h4-10,12,16H,11H2,1-3H3. The van der Waals surface area contributed by atoms with Crippen molar-refractivity contribution in [3.63, 3.8) is 0 Å². The van der Waals surface area contributed by atoms with Crippen molar-refractivity contribution in [1.29, 1.82) is 0 Å². The molecule has 1 unspecified atom stereocenters. The van der Waals surface area contributed by atoms with E-state index in [1.54, 1.807) is 14.2 Å². The molecule has 0 spiro atoms. The highest BCUT2D eigenvalue weighted by molar-refractivity contribution is 6.44. The van der Waals surface area contributed by atoms with Crippen LogP contribution in [0.3, 0.4) is 0 Å². The molecule has 1 aromatic carbocycles. The third-order valence-corrected chi connectivity index (χ3v) is 4.69. The van der Waals surface area contributed by atoms with Crippen molar-refractivity contribution >= 4 is 15.4 Å². The van der Waals surface area contributed by atoms with E-state index in [2.05, 4.69) is 31.2 Å². The van der Waals surface area contributed by atoms with Crippen molar-refractivity contribution in [1.82, 2.24) is 0 Å². The first-order valence-corrected chi connectivity index (χ1v) is 7.31. The van der Waals surface area contributed by atoms with E-state index in [9.17, 15) is 0 Å². The van der Waals surface area contributed by atoms with Gasteiger partial charge >= 0.3 is 9.28 Å². The van der Waals surface area contributed by atoms with Gasteiger partial charge in [0.2, 0.25) is 0 Å². The molecule has 0 N–H and O–H groups in total. The average Bonchev–Trinajstić information content (AvgIpc) is 2.34. The lowest BCUT2D eigenvalue weighted by Crippen LogP contribution is -2.21. The maximum absolute atomic E-state index is 5.30. The molecule has 0 aliphatic carbocycles. The molecule has 0 radical (unpaired) electrons. The number of benzene rings is 1. The molecule has 16 heavy (non-hydrogen) atoms. The molecular formula is C13H20O2Si. The molecule has 88 valence electrons. The molecule has 0 saturated carbocycles. The summed E-state index contributed by atoms with van der Waals surface area (Å²) in [5.41, 5.74) is 1.24. The van der Waals surface area contributed by atoms with Gasteiger partial charge in [-0.25, -0.2) is 0 Å². The molecule has 0 heterocycles. The van der Waals surface area contributed by atoms with Crippen LogP contribution in [0.2, 0.25) is 6.04 Å². The summed E-state index contributed by atoms with van der Waals surface area (Å²) in [4.78, 5) is 0. The third-order valence-electron chi connectivity index (χ3n) is 2.51. The van der Waals surface area contributed by atoms with Gasteiger partial charge in [-0.1, -0.05) is 49.4 Å². The van der Waals surface area contributed by atoms with E-state index in [4.69, 9.17) is 8.85 Å². The van der Waals surface area contributed by atoms with Crippen LogP contribution in [0.4, 0.5) is 0 Å². The van der Waals surface area contributed by atoms with Gasteiger partial charge in [-0.15, -0.1) is 0 Å². The van der Waals surface area contributed by atoms with Crippen LogP contribution in [0.25, 0.3) is 6.08 Å². The molecule has 1 atom stereocenters. The molecule has 0 bridgehead atoms. The Kier molecular flexibility index (Phi) is 6.07. The monoisotopic (exact) mass is 236 g/mol. The van der Waals surface area contributed by atoms with E-state index in [0.29, 0.717) is 5.92 Å². The lowest BCUT2D eigenvalue weighted by atomic mass is 10.1. The first kappa shape index (κ1) is 13.2. The van der Waals surface area contributed by atoms with Gasteiger partial charge < -0.3 is 8.85 Å². The molecule has 0 saturated heterocycles. The summed E-state index contributed by atoms with van der Waals surface area (Å²) >= 11 is 0. The summed E-state index contributed by atoms with van der Waals surface area (Å²) in [5, 5.41) is 0. The van der Waals surface area contributed by atoms with Crippen LogP contribution >= 0.6 is 0 Å². The topological polar surface area (TPSA) is 18.5 Å². The highest BCUT2D eigenvalue weighted by Crippen LogP contribution is 2.12. The minimum absolute atomic E-state index is 0.497. The van der Waals surface area contributed by atoms with Gasteiger partial charge in [0.15, 0.2) is 0 Å². The zero-order valence-electron chi connectivity index (χ0n) is 10.2. The predicted octanol–water partition coefficient (Wildman–Crippen LogP) is 2.85. The third kappa shape index (κ3) is 4.75. The van der Waals surface area contributed by atoms with Crippen LogP contribution in [-0.2, 0) is 8.85 Å². The zero-order valence-corrected chi connectivity index (χ0v) is 11.4. The molecule has 1 rings (SSSR count). The lowest BCUT2D eigenvalue weighted by Gasteiger charge is -2.13. The fourth-order valence-electron chi connectivity index (χ4n) is 1.51. The summed E-state index contributed by atoms with van der Waals surface area (Å²) in [6.45, 7) is 2.19. The normalized spacial score (nSPS) is 13.5. The SMILES string of the molecule is CO[SiH](CC(C)C=Cc1ccccc1)OC. The van der Waals surface area contributed by atoms with Crippen molar-refractivity contribution in [2.45, 2.75) is 13.0 Å². The van der Waals surface area contributed by atoms with E-state index < -0.39 is 9.28 Å². The van der Waals surface area contributed by atoms with Gasteiger partial charge in [-0.2, -0.15) is 0 Å². The Bertz CT molecular complexity index is 307. The molecule has 2 nitrogen and oxygen atoms in total. The summed E-state index contributed by atoms with van der Waals surface area (Å²) in [6, 6.07) is 11.3. The summed E-state index contributed by atoms with van der Waals surface area (Å²) in [6.07, 6.45) is 4.37. The molecule has 1 aromatic rings. The molecular weight excluding hydrogens is 216 g/mol. The van der Waals surface area contributed by atoms with Crippen LogP contribution in [-0.4, -0.2) is 23.5 Å². The van der Waals surface area contributed by atoms with E-state index in [1.807, 2.05) is 18.2 Å². The van der Waals surface area contributed by atoms with Crippen molar-refractivity contribution in [2.75, 3.05) is 14.2 Å². The molecule has 0 aliphatic heterocycles. The van der Waals surface area contributed by atoms with Crippen LogP contribution in [0.1, 0.15) is 12.5 Å². The van der Waals surface area contributed by atoms with E-state index in [0.717, 1.165) is 6.04 Å². The summed E-state index contributed by atoms with van der Waals surface area (Å²) in [7, 11) is 2.03. The van der Waals surface area contributed by atoms with Gasteiger partial charge in [0.05, 0.1) is 0 Å². The molecule has 0 aliphatic rings. The number of allylic oxidation sites excluding steroid dienone is 1. The average molecular weight is 236 g/mol. The smallest absolute Gasteiger partial charge is 0.321 e. The van der Waals surface area contributed by atoms with Crippen molar-refractivity contribution in [3.05, 3.63) is 42.0 Å². The second-order valence-corrected chi connectivity index (χ2v) is 6.16. The number of rotatable bonds is 6. The Morgan fingerprint density at radius 1 is 1.19 bits per heavy atom. The van der Waals surface area contributed by atoms with Crippen molar-refractivity contribution < 1.29 is 8.85 Å². The molecule has 0 aromatic heterocycles. The Balaban J connectivity index is 2.45. The first-order valence-electron chi connectivity index (χ1n) is 5.55. The van der Waals surface area contributed by atoms with Gasteiger partial charge in [0, 0.05) is 14.2 Å². The quantitative estimate of drug-likeness (QED) is 0.707. The van der Waals surface area contributed by atoms with Gasteiger partial charge in [0.25, 0.3) is 0 Å². The van der Waals surface area contributed by atoms with E-state index >= 15 is 0 Å². The fourth-order valence-corrected chi connectivity index (χ4v) is 2.85. The fraction of sp³-hybridized carbons (Fsp3) is 0.385. The highest BCUT2D eigenvalue weighted by Gasteiger charge is 2.12. The van der Waals surface area contributed by atoms with E-state index in [1.165, 1.54) is 5.56 Å². The van der Waals surface area contributed by atoms with Crippen LogP contribution in [0.5, 0.6) is 0 Å². The van der Waals surface area contributed by atoms with Crippen molar-refractivity contribution in [3.8, 4) is 0 Å². The number of hydrogen-bond donors (Lipinski definition) is 0. The minimum Gasteiger partial charge on any atom is -0.400 e. The largest absolute Gasteiger partial charge is 0.400 e. The van der Waals surface area contributed by atoms with E-state index in [-0.39, 0.29) is 0 Å². The maximum Gasteiger partial charge on any atom is 0.321 e. The highest BCUT2D eigenvalue weighted by atomic mass is 28.3. The molecule has 3 heteroatoms. The summed E-state index contributed by atoms with van der Waals surface area (Å²) in [5.74, 6) is 0.497. The minimum atomic E-state index is -1.43. The van der Waals surface area contributed by atoms with Crippen LogP contribution in [0.15, 0.2) is 36.4 Å². The second kappa shape index (κ2) is 7.38. The maximum atomic E-state index is 5.30. The summed E-state index contributed by atoms with van der Waals surface area (Å²) < 4.78 is 10.6. The van der Waals surface area contributed by atoms with Gasteiger partial charge in [-0.3, -0.25) is 0 Å². The van der Waals surface area contributed by atoms with Gasteiger partial charge in [0.1, 0.15) is 0 Å². The Labute approximate surface area is 99.7 Å². The zero-order chi connectivity index (χ0) is 11.8. The Morgan fingerprint density at radius 2 is 1.81 bits per heavy atom. The molecule has 0 fully saturated rings. The van der Waals surface area contributed by atoms with Crippen LogP contribution in [0, 0.1) is 5.92 Å². The molecule has 0 amide bonds. The second-order valence-electron chi connectivity index (χ2n) is 3.88. The first-order chi connectivity index (χ1) is 7.76. The number of hydrogen-bond acceptors (Lipinski definition) is 2. The Morgan fingerprint density at radius 3 is 2.38 bits per heavy atom. The van der Waals surface area contributed by atoms with Crippen LogP contribution < -0.4 is 0 Å². The van der Waals surface area contributed by atoms with Crippen molar-refractivity contribution in [2.24, 2.45) is 5.92 Å². The Hall–Kier alpha value is -0.903. The lowest BCUT2D eigenvalue weighted by molar-refractivity contribution is 0.274. The predicted molar refractivity (Wildman–Crippen MR) is 70.6 cm³/mol.